The van der Waals surface area contributed by atoms with Gasteiger partial charge in [-0.2, -0.15) is 0 Å². The molecule has 13 heavy (non-hydrogen) atoms. The summed E-state index contributed by atoms with van der Waals surface area (Å²) in [6, 6.07) is 0. The second-order valence-electron chi connectivity index (χ2n) is 4.14. The van der Waals surface area contributed by atoms with Gasteiger partial charge in [0.1, 0.15) is 5.75 Å². The Kier molecular flexibility index (Phi) is 2.23. The predicted octanol–water partition coefficient (Wildman–Crippen LogP) is 0.419. The summed E-state index contributed by atoms with van der Waals surface area (Å²) in [4.78, 5) is 11.0. The number of ketones is 1. The second kappa shape index (κ2) is 2.83. The quantitative estimate of drug-likeness (QED) is 0.620. The lowest BCUT2D eigenvalue weighted by molar-refractivity contribution is -0.112. The van der Waals surface area contributed by atoms with Crippen LogP contribution in [0.5, 0.6) is 0 Å². The molecule has 0 fully saturated rings. The van der Waals surface area contributed by atoms with Crippen molar-refractivity contribution in [2.24, 2.45) is 5.41 Å². The third-order valence-electron chi connectivity index (χ3n) is 1.71. The number of hydrogen-bond acceptors (Lipinski definition) is 3. The van der Waals surface area contributed by atoms with Crippen LogP contribution in [-0.4, -0.2) is 20.0 Å². The summed E-state index contributed by atoms with van der Waals surface area (Å²) in [7, 11) is -3.43. The molecule has 0 saturated carbocycles. The lowest BCUT2D eigenvalue weighted by Gasteiger charge is -2.26. The Morgan fingerprint density at radius 3 is 2.31 bits per heavy atom. The molecule has 0 bridgehead atoms. The van der Waals surface area contributed by atoms with Crippen LogP contribution in [0.2, 0.25) is 0 Å². The van der Waals surface area contributed by atoms with Gasteiger partial charge >= 0.3 is 0 Å². The molecule has 1 rings (SSSR count). The van der Waals surface area contributed by atoms with Crippen molar-refractivity contribution in [3.8, 4) is 0 Å². The maximum atomic E-state index is 11.1. The molecule has 74 valence electrons. The van der Waals surface area contributed by atoms with Crippen LogP contribution in [-0.2, 0) is 14.8 Å². The van der Waals surface area contributed by atoms with Crippen molar-refractivity contribution in [2.45, 2.75) is 20.8 Å². The van der Waals surface area contributed by atoms with Gasteiger partial charge in [0, 0.05) is 17.2 Å². The van der Waals surface area contributed by atoms with E-state index in [2.05, 4.69) is 4.72 Å². The first-order valence-corrected chi connectivity index (χ1v) is 5.61. The number of carbonyl (C=O) groups excluding carboxylic acids is 1. The van der Waals surface area contributed by atoms with E-state index in [0.29, 0.717) is 5.70 Å². The highest BCUT2D eigenvalue weighted by Crippen LogP contribution is 2.25. The molecule has 0 saturated heterocycles. The average molecular weight is 203 g/mol. The fourth-order valence-corrected chi connectivity index (χ4v) is 2.22. The minimum absolute atomic E-state index is 0.344. The van der Waals surface area contributed by atoms with E-state index >= 15 is 0 Å². The molecule has 4 nitrogen and oxygen atoms in total. The third-order valence-corrected chi connectivity index (χ3v) is 2.91. The van der Waals surface area contributed by atoms with Crippen molar-refractivity contribution >= 4 is 15.8 Å². The van der Waals surface area contributed by atoms with Crippen molar-refractivity contribution in [1.29, 1.82) is 0 Å². The molecule has 5 heteroatoms. The summed E-state index contributed by atoms with van der Waals surface area (Å²) in [6.45, 7) is 5.54. The molecular weight excluding hydrogens is 190 g/mol. The van der Waals surface area contributed by atoms with Gasteiger partial charge in [-0.3, -0.25) is 9.52 Å². The Balaban J connectivity index is 3.09. The predicted molar refractivity (Wildman–Crippen MR) is 49.5 cm³/mol. The number of sulfonamides is 1. The minimum Gasteiger partial charge on any atom is -0.294 e. The first kappa shape index (κ1) is 10.2. The Bertz CT molecular complexity index is 359. The van der Waals surface area contributed by atoms with Gasteiger partial charge in [0.05, 0.1) is 0 Å². The first-order valence-electron chi connectivity index (χ1n) is 3.96. The number of allylic oxidation sites excluding steroid dienone is 2. The van der Waals surface area contributed by atoms with Gasteiger partial charge in [0.15, 0.2) is 5.78 Å². The molecule has 0 spiro atoms. The summed E-state index contributed by atoms with van der Waals surface area (Å²) in [5.41, 5.74) is 0.118. The zero-order valence-corrected chi connectivity index (χ0v) is 8.73. The maximum Gasteiger partial charge on any atom is 0.240 e. The van der Waals surface area contributed by atoms with Crippen LogP contribution in [0.25, 0.3) is 0 Å². The van der Waals surface area contributed by atoms with Crippen LogP contribution in [0.15, 0.2) is 11.8 Å². The Labute approximate surface area is 78.1 Å². The standard InChI is InChI=1S/C8H13NO3S/c1-8(2,3)7-4-6(10)5-13(11,12)9-7/h4,9H,5H2,1-3H3. The van der Waals surface area contributed by atoms with E-state index in [1.165, 1.54) is 6.08 Å². The van der Waals surface area contributed by atoms with Gasteiger partial charge in [0.2, 0.25) is 10.0 Å². The van der Waals surface area contributed by atoms with Gasteiger partial charge in [-0.05, 0) is 0 Å². The minimum atomic E-state index is -3.43. The lowest BCUT2D eigenvalue weighted by atomic mass is 9.92. The summed E-state index contributed by atoms with van der Waals surface area (Å²) < 4.78 is 24.7. The number of rotatable bonds is 0. The molecule has 0 radical (unpaired) electrons. The number of hydrogen-bond donors (Lipinski definition) is 1. The molecule has 1 aliphatic heterocycles. The fraction of sp³-hybridized carbons (Fsp3) is 0.625. The molecule has 0 unspecified atom stereocenters. The molecule has 0 atom stereocenters. The van der Waals surface area contributed by atoms with Crippen molar-refractivity contribution in [3.05, 3.63) is 11.8 Å². The van der Waals surface area contributed by atoms with Crippen molar-refractivity contribution in [1.82, 2.24) is 4.72 Å². The molecule has 0 aromatic heterocycles. The number of carbonyl (C=O) groups is 1. The smallest absolute Gasteiger partial charge is 0.240 e. The summed E-state index contributed by atoms with van der Waals surface area (Å²) in [6.07, 6.45) is 1.36. The SMILES string of the molecule is CC(C)(C)C1=CC(=O)CS(=O)(=O)N1. The fourth-order valence-electron chi connectivity index (χ4n) is 0.993. The molecule has 0 aromatic rings. The van der Waals surface area contributed by atoms with E-state index in [1.54, 1.807) is 0 Å². The van der Waals surface area contributed by atoms with Crippen LogP contribution in [0, 0.1) is 5.41 Å². The highest BCUT2D eigenvalue weighted by atomic mass is 32.2. The van der Waals surface area contributed by atoms with E-state index in [9.17, 15) is 13.2 Å². The van der Waals surface area contributed by atoms with E-state index < -0.39 is 15.8 Å². The summed E-state index contributed by atoms with van der Waals surface area (Å²) >= 11 is 0. The van der Waals surface area contributed by atoms with Gasteiger partial charge in [0.25, 0.3) is 0 Å². The molecule has 1 aliphatic rings. The molecule has 0 aromatic carbocycles. The Hall–Kier alpha value is -0.840. The Morgan fingerprint density at radius 2 is 1.92 bits per heavy atom. The number of nitrogens with one attached hydrogen (secondary N) is 1. The van der Waals surface area contributed by atoms with E-state index in [1.807, 2.05) is 20.8 Å². The van der Waals surface area contributed by atoms with Crippen molar-refractivity contribution in [3.63, 3.8) is 0 Å². The van der Waals surface area contributed by atoms with Crippen molar-refractivity contribution < 1.29 is 13.2 Å². The third kappa shape index (κ3) is 2.55. The van der Waals surface area contributed by atoms with Gasteiger partial charge in [-0.15, -0.1) is 0 Å². The highest BCUT2D eigenvalue weighted by Gasteiger charge is 2.28. The largest absolute Gasteiger partial charge is 0.294 e. The van der Waals surface area contributed by atoms with Gasteiger partial charge < -0.3 is 0 Å². The average Bonchev–Trinajstić information content (AvgIpc) is 1.79. The molecule has 0 amide bonds. The molecule has 1 N–H and O–H groups in total. The second-order valence-corrected chi connectivity index (χ2v) is 5.86. The molecule has 1 heterocycles. The summed E-state index contributed by atoms with van der Waals surface area (Å²) in [5, 5.41) is 0. The first-order chi connectivity index (χ1) is 5.71. The van der Waals surface area contributed by atoms with Crippen LogP contribution in [0.1, 0.15) is 20.8 Å². The highest BCUT2D eigenvalue weighted by molar-refractivity contribution is 7.90. The van der Waals surface area contributed by atoms with Crippen LogP contribution < -0.4 is 4.72 Å². The zero-order chi connectivity index (χ0) is 10.3. The maximum absolute atomic E-state index is 11.1. The van der Waals surface area contributed by atoms with Crippen LogP contribution in [0.4, 0.5) is 0 Å². The topological polar surface area (TPSA) is 63.2 Å². The normalized spacial score (nSPS) is 22.1. The van der Waals surface area contributed by atoms with Gasteiger partial charge in [-0.1, -0.05) is 20.8 Å². The van der Waals surface area contributed by atoms with Crippen molar-refractivity contribution in [2.75, 3.05) is 5.75 Å². The molecule has 0 aliphatic carbocycles. The Morgan fingerprint density at radius 1 is 1.38 bits per heavy atom. The monoisotopic (exact) mass is 203 g/mol. The zero-order valence-electron chi connectivity index (χ0n) is 7.92. The van der Waals surface area contributed by atoms with Crippen LogP contribution >= 0.6 is 0 Å². The van der Waals surface area contributed by atoms with E-state index in [-0.39, 0.29) is 11.2 Å². The van der Waals surface area contributed by atoms with E-state index in [0.717, 1.165) is 0 Å². The van der Waals surface area contributed by atoms with Crippen LogP contribution in [0.3, 0.4) is 0 Å². The summed E-state index contributed by atoms with van der Waals surface area (Å²) in [5.74, 6) is -0.796. The van der Waals surface area contributed by atoms with E-state index in [4.69, 9.17) is 0 Å². The van der Waals surface area contributed by atoms with Gasteiger partial charge in [-0.25, -0.2) is 8.42 Å². The molecular formula is C8H13NO3S. The lowest BCUT2D eigenvalue weighted by Crippen LogP contribution is -2.38.